The summed E-state index contributed by atoms with van der Waals surface area (Å²) < 4.78 is 5.63. The van der Waals surface area contributed by atoms with E-state index in [0.29, 0.717) is 24.2 Å². The molecule has 2 heterocycles. The molecule has 1 aliphatic rings. The molecule has 0 unspecified atom stereocenters. The number of anilines is 1. The van der Waals surface area contributed by atoms with E-state index >= 15 is 0 Å². The van der Waals surface area contributed by atoms with Crippen molar-refractivity contribution in [2.45, 2.75) is 32.7 Å². The predicted octanol–water partition coefficient (Wildman–Crippen LogP) is 2.69. The normalized spacial score (nSPS) is 16.5. The third kappa shape index (κ3) is 2.51. The van der Waals surface area contributed by atoms with Gasteiger partial charge in [0, 0.05) is 18.4 Å². The average molecular weight is 286 g/mol. The number of rotatable bonds is 3. The SMILES string of the molecule is Cc1cc2cccc(NC(=O)[C@H](C)N3CCCC3=O)c2o1. The highest BCUT2D eigenvalue weighted by Gasteiger charge is 2.29. The number of likely N-dealkylation sites (tertiary alicyclic amines) is 1. The first-order valence-corrected chi connectivity index (χ1v) is 7.16. The molecule has 0 radical (unpaired) electrons. The Morgan fingerprint density at radius 2 is 2.24 bits per heavy atom. The number of amides is 2. The number of carbonyl (C=O) groups is 2. The topological polar surface area (TPSA) is 62.6 Å². The molecule has 2 aromatic rings. The first-order valence-electron chi connectivity index (χ1n) is 7.16. The maximum Gasteiger partial charge on any atom is 0.246 e. The number of nitrogens with one attached hydrogen (secondary N) is 1. The molecule has 1 saturated heterocycles. The van der Waals surface area contributed by atoms with Crippen molar-refractivity contribution in [3.63, 3.8) is 0 Å². The number of para-hydroxylation sites is 1. The van der Waals surface area contributed by atoms with Gasteiger partial charge in [-0.2, -0.15) is 0 Å². The maximum absolute atomic E-state index is 12.3. The lowest BCUT2D eigenvalue weighted by Gasteiger charge is -2.23. The molecule has 1 N–H and O–H groups in total. The number of aryl methyl sites for hydroxylation is 1. The van der Waals surface area contributed by atoms with Gasteiger partial charge in [-0.05, 0) is 32.4 Å². The molecule has 0 aliphatic carbocycles. The van der Waals surface area contributed by atoms with Crippen molar-refractivity contribution in [1.29, 1.82) is 0 Å². The Labute approximate surface area is 122 Å². The van der Waals surface area contributed by atoms with E-state index in [1.54, 1.807) is 11.8 Å². The van der Waals surface area contributed by atoms with E-state index in [1.807, 2.05) is 31.2 Å². The Morgan fingerprint density at radius 3 is 2.95 bits per heavy atom. The molecule has 5 heteroatoms. The van der Waals surface area contributed by atoms with Crippen LogP contribution in [0.5, 0.6) is 0 Å². The minimum atomic E-state index is -0.466. The van der Waals surface area contributed by atoms with Crippen LogP contribution in [0.15, 0.2) is 28.7 Å². The molecule has 1 aliphatic heterocycles. The van der Waals surface area contributed by atoms with Crippen LogP contribution >= 0.6 is 0 Å². The van der Waals surface area contributed by atoms with Crippen LogP contribution in [0.25, 0.3) is 11.0 Å². The van der Waals surface area contributed by atoms with Gasteiger partial charge in [-0.15, -0.1) is 0 Å². The number of hydrogen-bond donors (Lipinski definition) is 1. The molecular weight excluding hydrogens is 268 g/mol. The standard InChI is InChI=1S/C16H18N2O3/c1-10-9-12-5-3-6-13(15(12)21-10)17-16(20)11(2)18-8-4-7-14(18)19/h3,5-6,9,11H,4,7-8H2,1-2H3,(H,17,20)/t11-/m0/s1. The first-order chi connectivity index (χ1) is 10.1. The minimum Gasteiger partial charge on any atom is -0.459 e. The quantitative estimate of drug-likeness (QED) is 0.943. The summed E-state index contributed by atoms with van der Waals surface area (Å²) in [5, 5.41) is 3.82. The summed E-state index contributed by atoms with van der Waals surface area (Å²) in [6, 6.07) is 7.08. The third-order valence-electron chi connectivity index (χ3n) is 3.88. The van der Waals surface area contributed by atoms with E-state index in [9.17, 15) is 9.59 Å². The third-order valence-corrected chi connectivity index (χ3v) is 3.88. The number of hydrogen-bond acceptors (Lipinski definition) is 3. The highest BCUT2D eigenvalue weighted by molar-refractivity contribution is 6.02. The molecule has 1 aromatic heterocycles. The van der Waals surface area contributed by atoms with E-state index in [-0.39, 0.29) is 11.8 Å². The van der Waals surface area contributed by atoms with Gasteiger partial charge in [-0.25, -0.2) is 0 Å². The Kier molecular flexibility index (Phi) is 3.41. The lowest BCUT2D eigenvalue weighted by atomic mass is 10.2. The fourth-order valence-corrected chi connectivity index (χ4v) is 2.75. The summed E-state index contributed by atoms with van der Waals surface area (Å²) in [5.41, 5.74) is 1.31. The number of benzene rings is 1. The lowest BCUT2D eigenvalue weighted by Crippen LogP contribution is -2.42. The molecule has 1 atom stereocenters. The molecular formula is C16H18N2O3. The van der Waals surface area contributed by atoms with E-state index in [2.05, 4.69) is 5.32 Å². The Bertz CT molecular complexity index is 705. The molecule has 1 fully saturated rings. The van der Waals surface area contributed by atoms with Gasteiger partial charge in [0.1, 0.15) is 11.8 Å². The van der Waals surface area contributed by atoms with Gasteiger partial charge in [0.2, 0.25) is 11.8 Å². The van der Waals surface area contributed by atoms with Crippen LogP contribution in [0.1, 0.15) is 25.5 Å². The second-order valence-corrected chi connectivity index (χ2v) is 5.44. The molecule has 21 heavy (non-hydrogen) atoms. The summed E-state index contributed by atoms with van der Waals surface area (Å²) >= 11 is 0. The highest BCUT2D eigenvalue weighted by atomic mass is 16.3. The van der Waals surface area contributed by atoms with Crippen LogP contribution in [-0.4, -0.2) is 29.3 Å². The molecule has 0 saturated carbocycles. The second-order valence-electron chi connectivity index (χ2n) is 5.44. The van der Waals surface area contributed by atoms with Gasteiger partial charge in [-0.1, -0.05) is 12.1 Å². The van der Waals surface area contributed by atoms with Crippen LogP contribution in [0.4, 0.5) is 5.69 Å². The Hall–Kier alpha value is -2.30. The zero-order valence-corrected chi connectivity index (χ0v) is 12.2. The summed E-state index contributed by atoms with van der Waals surface area (Å²) in [6.45, 7) is 4.28. The summed E-state index contributed by atoms with van der Waals surface area (Å²) in [7, 11) is 0. The van der Waals surface area contributed by atoms with E-state index in [1.165, 1.54) is 0 Å². The van der Waals surface area contributed by atoms with Crippen molar-refractivity contribution in [2.24, 2.45) is 0 Å². The van der Waals surface area contributed by atoms with E-state index in [4.69, 9.17) is 4.42 Å². The Morgan fingerprint density at radius 1 is 1.43 bits per heavy atom. The van der Waals surface area contributed by atoms with Crippen LogP contribution in [-0.2, 0) is 9.59 Å². The zero-order valence-electron chi connectivity index (χ0n) is 12.2. The van der Waals surface area contributed by atoms with Crippen LogP contribution in [0, 0.1) is 6.92 Å². The molecule has 0 bridgehead atoms. The summed E-state index contributed by atoms with van der Waals surface area (Å²) in [6.07, 6.45) is 1.36. The summed E-state index contributed by atoms with van der Waals surface area (Å²) in [5.74, 6) is 0.658. The molecule has 0 spiro atoms. The minimum absolute atomic E-state index is 0.0460. The highest BCUT2D eigenvalue weighted by Crippen LogP contribution is 2.27. The molecule has 3 rings (SSSR count). The maximum atomic E-state index is 12.3. The predicted molar refractivity (Wildman–Crippen MR) is 80.0 cm³/mol. The van der Waals surface area contributed by atoms with Crippen LogP contribution in [0.3, 0.4) is 0 Å². The van der Waals surface area contributed by atoms with Gasteiger partial charge in [0.15, 0.2) is 5.58 Å². The van der Waals surface area contributed by atoms with Gasteiger partial charge in [0.05, 0.1) is 5.69 Å². The fraction of sp³-hybridized carbons (Fsp3) is 0.375. The van der Waals surface area contributed by atoms with Gasteiger partial charge in [0.25, 0.3) is 0 Å². The summed E-state index contributed by atoms with van der Waals surface area (Å²) in [4.78, 5) is 25.7. The monoisotopic (exact) mass is 286 g/mol. The largest absolute Gasteiger partial charge is 0.459 e. The lowest BCUT2D eigenvalue weighted by molar-refractivity contribution is -0.134. The number of fused-ring (bicyclic) bond motifs is 1. The van der Waals surface area contributed by atoms with Crippen molar-refractivity contribution >= 4 is 28.5 Å². The van der Waals surface area contributed by atoms with Crippen molar-refractivity contribution in [1.82, 2.24) is 4.90 Å². The van der Waals surface area contributed by atoms with Gasteiger partial charge < -0.3 is 14.6 Å². The van der Waals surface area contributed by atoms with E-state index < -0.39 is 6.04 Å². The fourth-order valence-electron chi connectivity index (χ4n) is 2.75. The first kappa shape index (κ1) is 13.7. The smallest absolute Gasteiger partial charge is 0.246 e. The molecule has 110 valence electrons. The Balaban J connectivity index is 1.81. The van der Waals surface area contributed by atoms with Crippen LogP contribution in [0.2, 0.25) is 0 Å². The molecule has 2 amide bonds. The van der Waals surface area contributed by atoms with Crippen LogP contribution < -0.4 is 5.32 Å². The van der Waals surface area contributed by atoms with Crippen molar-refractivity contribution in [3.05, 3.63) is 30.0 Å². The van der Waals surface area contributed by atoms with Gasteiger partial charge in [-0.3, -0.25) is 9.59 Å². The van der Waals surface area contributed by atoms with Crippen molar-refractivity contribution < 1.29 is 14.0 Å². The second kappa shape index (κ2) is 5.24. The number of furan rings is 1. The zero-order chi connectivity index (χ0) is 15.0. The van der Waals surface area contributed by atoms with E-state index in [0.717, 1.165) is 17.6 Å². The number of nitrogens with zero attached hydrogens (tertiary/aromatic N) is 1. The van der Waals surface area contributed by atoms with Gasteiger partial charge >= 0.3 is 0 Å². The molecule has 5 nitrogen and oxygen atoms in total. The van der Waals surface area contributed by atoms with Crippen molar-refractivity contribution in [2.75, 3.05) is 11.9 Å². The number of carbonyl (C=O) groups excluding carboxylic acids is 2. The molecule has 1 aromatic carbocycles. The average Bonchev–Trinajstić information content (AvgIpc) is 3.03. The van der Waals surface area contributed by atoms with Crippen molar-refractivity contribution in [3.8, 4) is 0 Å².